The molecule has 1 aliphatic heterocycles. The van der Waals surface area contributed by atoms with E-state index in [-0.39, 0.29) is 37.0 Å². The van der Waals surface area contributed by atoms with Gasteiger partial charge in [-0.05, 0) is 17.5 Å². The Morgan fingerprint density at radius 3 is 1.44 bits per heavy atom. The van der Waals surface area contributed by atoms with Crippen LogP contribution in [0.2, 0.25) is 0 Å². The number of benzene rings is 2. The summed E-state index contributed by atoms with van der Waals surface area (Å²) in [6, 6.07) is 19.7. The first-order chi connectivity index (χ1) is 13.2. The number of rotatable bonds is 2. The molecule has 4 N–H and O–H groups in total. The van der Waals surface area contributed by atoms with E-state index < -0.39 is 0 Å². The Labute approximate surface area is 159 Å². The van der Waals surface area contributed by atoms with Gasteiger partial charge in [0.1, 0.15) is 0 Å². The van der Waals surface area contributed by atoms with E-state index in [4.69, 9.17) is 0 Å². The highest BCUT2D eigenvalue weighted by atomic mass is 16.2. The minimum atomic E-state index is -0.159. The third kappa shape index (κ3) is 5.64. The lowest BCUT2D eigenvalue weighted by Crippen LogP contribution is -2.42. The molecule has 2 aromatic carbocycles. The summed E-state index contributed by atoms with van der Waals surface area (Å²) in [4.78, 5) is 24.4. The topological polar surface area (TPSA) is 82.3 Å². The Balaban J connectivity index is 1.92. The molecule has 0 aliphatic carbocycles. The van der Waals surface area contributed by atoms with Crippen LogP contribution in [0.3, 0.4) is 0 Å². The van der Waals surface area contributed by atoms with Gasteiger partial charge in [0.25, 0.3) is 0 Å². The maximum atomic E-state index is 12.2. The third-order valence-electron chi connectivity index (χ3n) is 4.61. The van der Waals surface area contributed by atoms with Gasteiger partial charge in [-0.1, -0.05) is 60.7 Å². The SMILES string of the molecule is O=C1CNC(c2ccccc2)[C@@H](c2ccccc2)NCC(=O)NCCCN1. The predicted molar refractivity (Wildman–Crippen MR) is 105 cm³/mol. The van der Waals surface area contributed by atoms with Gasteiger partial charge in [0, 0.05) is 13.1 Å². The lowest BCUT2D eigenvalue weighted by Gasteiger charge is -2.30. The summed E-state index contributed by atoms with van der Waals surface area (Å²) < 4.78 is 0. The van der Waals surface area contributed by atoms with Crippen molar-refractivity contribution in [2.75, 3.05) is 26.2 Å². The standard InChI is InChI=1S/C21H26N4O2/c26-18-14-24-20(16-8-3-1-4-9-16)21(17-10-5-2-6-11-17)25-15-19(27)23-13-7-12-22-18/h1-6,8-11,20-21,24-25H,7,12-15H2,(H,22,26)(H,23,27)/t20-,21?/m1/s1. The zero-order valence-corrected chi connectivity index (χ0v) is 15.3. The summed E-state index contributed by atoms with van der Waals surface area (Å²) in [6.45, 7) is 1.52. The minimum absolute atomic E-state index is 0.0479. The summed E-state index contributed by atoms with van der Waals surface area (Å²) in [6.07, 6.45) is 0.710. The van der Waals surface area contributed by atoms with Crippen LogP contribution in [0, 0.1) is 0 Å². The van der Waals surface area contributed by atoms with Crippen LogP contribution in [0.4, 0.5) is 0 Å². The van der Waals surface area contributed by atoms with Gasteiger partial charge in [-0.2, -0.15) is 0 Å². The van der Waals surface area contributed by atoms with Crippen LogP contribution >= 0.6 is 0 Å². The number of amides is 2. The van der Waals surface area contributed by atoms with E-state index in [1.54, 1.807) is 0 Å². The van der Waals surface area contributed by atoms with Crippen LogP contribution in [-0.4, -0.2) is 38.0 Å². The molecule has 2 amide bonds. The van der Waals surface area contributed by atoms with Crippen molar-refractivity contribution in [3.8, 4) is 0 Å². The summed E-state index contributed by atoms with van der Waals surface area (Å²) in [5, 5.41) is 12.5. The molecule has 2 aromatic rings. The van der Waals surface area contributed by atoms with E-state index in [2.05, 4.69) is 21.3 Å². The van der Waals surface area contributed by atoms with Crippen LogP contribution in [0.5, 0.6) is 0 Å². The summed E-state index contributed by atoms with van der Waals surface area (Å²) in [5.74, 6) is -0.0957. The molecule has 6 nitrogen and oxygen atoms in total. The Morgan fingerprint density at radius 1 is 0.630 bits per heavy atom. The molecular weight excluding hydrogens is 340 g/mol. The van der Waals surface area contributed by atoms with Crippen LogP contribution in [0.15, 0.2) is 60.7 Å². The van der Waals surface area contributed by atoms with E-state index in [0.29, 0.717) is 19.5 Å². The first-order valence-corrected chi connectivity index (χ1v) is 9.34. The monoisotopic (exact) mass is 366 g/mol. The molecule has 0 aromatic heterocycles. The zero-order valence-electron chi connectivity index (χ0n) is 15.3. The average Bonchev–Trinajstić information content (AvgIpc) is 2.72. The van der Waals surface area contributed by atoms with Gasteiger partial charge in [-0.25, -0.2) is 0 Å². The van der Waals surface area contributed by atoms with Crippen LogP contribution in [-0.2, 0) is 9.59 Å². The van der Waals surface area contributed by atoms with Gasteiger partial charge in [-0.15, -0.1) is 0 Å². The molecule has 1 fully saturated rings. The molecule has 2 atom stereocenters. The van der Waals surface area contributed by atoms with Gasteiger partial charge >= 0.3 is 0 Å². The second-order valence-electron chi connectivity index (χ2n) is 6.59. The molecule has 1 aliphatic rings. The van der Waals surface area contributed by atoms with E-state index in [1.165, 1.54) is 0 Å². The van der Waals surface area contributed by atoms with Crippen molar-refractivity contribution in [3.05, 3.63) is 71.8 Å². The van der Waals surface area contributed by atoms with Crippen LogP contribution < -0.4 is 21.3 Å². The predicted octanol–water partition coefficient (Wildman–Crippen LogP) is 1.28. The number of hydrogen-bond acceptors (Lipinski definition) is 4. The van der Waals surface area contributed by atoms with E-state index in [9.17, 15) is 9.59 Å². The van der Waals surface area contributed by atoms with Crippen molar-refractivity contribution in [2.45, 2.75) is 18.5 Å². The highest BCUT2D eigenvalue weighted by molar-refractivity contribution is 5.78. The molecule has 0 bridgehead atoms. The van der Waals surface area contributed by atoms with Gasteiger partial charge in [0.2, 0.25) is 11.8 Å². The van der Waals surface area contributed by atoms with Gasteiger partial charge in [0.15, 0.2) is 0 Å². The fourth-order valence-electron chi connectivity index (χ4n) is 3.25. The van der Waals surface area contributed by atoms with Gasteiger partial charge in [-0.3, -0.25) is 20.2 Å². The fourth-order valence-corrected chi connectivity index (χ4v) is 3.25. The maximum Gasteiger partial charge on any atom is 0.233 e. The number of nitrogens with one attached hydrogen (secondary N) is 4. The molecule has 0 spiro atoms. The normalized spacial score (nSPS) is 22.5. The lowest BCUT2D eigenvalue weighted by molar-refractivity contribution is -0.121. The molecule has 6 heteroatoms. The second-order valence-corrected chi connectivity index (χ2v) is 6.59. The number of carbonyl (C=O) groups is 2. The molecule has 1 saturated heterocycles. The van der Waals surface area contributed by atoms with Crippen LogP contribution in [0.25, 0.3) is 0 Å². The highest BCUT2D eigenvalue weighted by Gasteiger charge is 2.25. The Hall–Kier alpha value is -2.70. The van der Waals surface area contributed by atoms with Gasteiger partial charge in [0.05, 0.1) is 25.2 Å². The largest absolute Gasteiger partial charge is 0.355 e. The smallest absolute Gasteiger partial charge is 0.233 e. The van der Waals surface area contributed by atoms with E-state index in [0.717, 1.165) is 11.1 Å². The summed E-state index contributed by atoms with van der Waals surface area (Å²) >= 11 is 0. The van der Waals surface area contributed by atoms with Gasteiger partial charge < -0.3 is 10.6 Å². The lowest BCUT2D eigenvalue weighted by atomic mass is 9.93. The molecule has 27 heavy (non-hydrogen) atoms. The first-order valence-electron chi connectivity index (χ1n) is 9.34. The molecule has 3 rings (SSSR count). The Kier molecular flexibility index (Phi) is 6.96. The second kappa shape index (κ2) is 9.85. The summed E-state index contributed by atoms with van der Waals surface area (Å²) in [7, 11) is 0. The van der Waals surface area contributed by atoms with Crippen LogP contribution in [0.1, 0.15) is 29.6 Å². The Morgan fingerprint density at radius 2 is 1.04 bits per heavy atom. The Bertz CT molecular complexity index is 673. The molecule has 142 valence electrons. The van der Waals surface area contributed by atoms with Crippen molar-refractivity contribution >= 4 is 11.8 Å². The van der Waals surface area contributed by atoms with E-state index >= 15 is 0 Å². The van der Waals surface area contributed by atoms with Crippen molar-refractivity contribution in [1.29, 1.82) is 0 Å². The molecule has 0 radical (unpaired) electrons. The maximum absolute atomic E-state index is 12.2. The minimum Gasteiger partial charge on any atom is -0.355 e. The quantitative estimate of drug-likeness (QED) is 0.645. The molecule has 0 saturated carbocycles. The molecule has 1 heterocycles. The first kappa shape index (κ1) is 19.1. The average molecular weight is 366 g/mol. The highest BCUT2D eigenvalue weighted by Crippen LogP contribution is 2.28. The van der Waals surface area contributed by atoms with Crippen molar-refractivity contribution in [3.63, 3.8) is 0 Å². The third-order valence-corrected chi connectivity index (χ3v) is 4.61. The van der Waals surface area contributed by atoms with Crippen molar-refractivity contribution < 1.29 is 9.59 Å². The summed E-state index contributed by atoms with van der Waals surface area (Å²) in [5.41, 5.74) is 2.11. The van der Waals surface area contributed by atoms with Crippen molar-refractivity contribution in [1.82, 2.24) is 21.3 Å². The molecule has 1 unspecified atom stereocenters. The molecular formula is C21H26N4O2. The van der Waals surface area contributed by atoms with E-state index in [1.807, 2.05) is 60.7 Å². The number of hydrogen-bond donors (Lipinski definition) is 4. The van der Waals surface area contributed by atoms with Crippen molar-refractivity contribution in [2.24, 2.45) is 0 Å². The number of carbonyl (C=O) groups excluding carboxylic acids is 2. The zero-order chi connectivity index (χ0) is 18.9. The fraction of sp³-hybridized carbons (Fsp3) is 0.333.